The highest BCUT2D eigenvalue weighted by Crippen LogP contribution is 2.38. The number of methoxy groups -OCH3 is 1. The fourth-order valence-electron chi connectivity index (χ4n) is 3.69. The highest BCUT2D eigenvalue weighted by molar-refractivity contribution is 7.92. The normalized spacial score (nSPS) is 16.3. The Morgan fingerprint density at radius 1 is 0.971 bits per heavy atom. The predicted molar refractivity (Wildman–Crippen MR) is 127 cm³/mol. The summed E-state index contributed by atoms with van der Waals surface area (Å²) in [7, 11) is -6.20. The van der Waals surface area contributed by atoms with Crippen LogP contribution in [0.5, 0.6) is 5.75 Å². The van der Waals surface area contributed by atoms with E-state index in [4.69, 9.17) is 4.74 Å². The minimum atomic E-state index is -4.15. The van der Waals surface area contributed by atoms with Crippen LogP contribution >= 0.6 is 0 Å². The molecule has 1 heterocycles. The fourth-order valence-corrected chi connectivity index (χ4v) is 5.70. The van der Waals surface area contributed by atoms with Crippen molar-refractivity contribution in [1.29, 1.82) is 0 Å². The van der Waals surface area contributed by atoms with Gasteiger partial charge in [0.15, 0.2) is 0 Å². The van der Waals surface area contributed by atoms with E-state index in [0.29, 0.717) is 28.3 Å². The van der Waals surface area contributed by atoms with Crippen LogP contribution in [-0.2, 0) is 20.0 Å². The van der Waals surface area contributed by atoms with E-state index < -0.39 is 31.9 Å². The van der Waals surface area contributed by atoms with E-state index >= 15 is 0 Å². The number of ether oxygens (including phenoxy) is 1. The van der Waals surface area contributed by atoms with Crippen LogP contribution in [0.1, 0.15) is 23.6 Å². The molecular formula is C23H22FN3O5S2. The average Bonchev–Trinajstić information content (AvgIpc) is 3.25. The summed E-state index contributed by atoms with van der Waals surface area (Å²) in [6.45, 7) is 0. The zero-order valence-corrected chi connectivity index (χ0v) is 20.0. The summed E-state index contributed by atoms with van der Waals surface area (Å²) in [5.74, 6) is 0.0515. The van der Waals surface area contributed by atoms with Gasteiger partial charge in [-0.2, -0.15) is 17.9 Å². The molecule has 1 atom stereocenters. The Morgan fingerprint density at radius 3 is 2.24 bits per heavy atom. The third-order valence-electron chi connectivity index (χ3n) is 5.26. The first-order valence-electron chi connectivity index (χ1n) is 10.2. The number of hydrogen-bond donors (Lipinski definition) is 1. The van der Waals surface area contributed by atoms with E-state index in [1.807, 2.05) is 0 Å². The maximum absolute atomic E-state index is 13.5. The number of para-hydroxylation sites is 1. The van der Waals surface area contributed by atoms with Gasteiger partial charge in [0.1, 0.15) is 11.6 Å². The minimum absolute atomic E-state index is 0.111. The Kier molecular flexibility index (Phi) is 6.32. The number of hydrogen-bond acceptors (Lipinski definition) is 6. The van der Waals surface area contributed by atoms with Crippen molar-refractivity contribution in [1.82, 2.24) is 4.41 Å². The van der Waals surface area contributed by atoms with Crippen LogP contribution in [0.4, 0.5) is 10.1 Å². The van der Waals surface area contributed by atoms with Gasteiger partial charge in [-0.15, -0.1) is 0 Å². The molecule has 0 saturated heterocycles. The number of hydrazone groups is 1. The van der Waals surface area contributed by atoms with E-state index in [-0.39, 0.29) is 11.3 Å². The number of rotatable bonds is 7. The summed E-state index contributed by atoms with van der Waals surface area (Å²) in [5.41, 5.74) is 1.80. The van der Waals surface area contributed by atoms with Crippen LogP contribution in [0, 0.1) is 5.82 Å². The van der Waals surface area contributed by atoms with Gasteiger partial charge in [0.05, 0.1) is 35.7 Å². The second kappa shape index (κ2) is 9.07. The summed E-state index contributed by atoms with van der Waals surface area (Å²) in [6.07, 6.45) is 1.22. The standard InChI is InChI=1S/C23H22FN3O5S2/c1-32-18-11-7-16(8-12-18)23-15-22(20-5-3-4-6-21(20)26-33(2,28)29)25-27(23)34(30,31)19-13-9-17(24)10-14-19/h3-14,23,26H,15H2,1-2H3/t23-/m1/s1. The molecule has 0 spiro atoms. The molecule has 0 aliphatic carbocycles. The van der Waals surface area contributed by atoms with Gasteiger partial charge >= 0.3 is 0 Å². The monoisotopic (exact) mass is 503 g/mol. The van der Waals surface area contributed by atoms with Crippen LogP contribution < -0.4 is 9.46 Å². The molecule has 0 unspecified atom stereocenters. The number of benzene rings is 3. The number of nitrogens with zero attached hydrogens (tertiary/aromatic N) is 2. The zero-order valence-electron chi connectivity index (χ0n) is 18.3. The van der Waals surface area contributed by atoms with Crippen molar-refractivity contribution in [2.45, 2.75) is 17.4 Å². The van der Waals surface area contributed by atoms with Crippen LogP contribution in [0.15, 0.2) is 82.8 Å². The summed E-state index contributed by atoms with van der Waals surface area (Å²) in [5, 5.41) is 4.42. The molecule has 1 aliphatic heterocycles. The number of halogens is 1. The maximum atomic E-state index is 13.5. The average molecular weight is 504 g/mol. The molecule has 0 amide bonds. The van der Waals surface area contributed by atoms with Gasteiger partial charge < -0.3 is 4.74 Å². The summed E-state index contributed by atoms with van der Waals surface area (Å²) >= 11 is 0. The topological polar surface area (TPSA) is 105 Å². The lowest BCUT2D eigenvalue weighted by atomic mass is 9.98. The van der Waals surface area contributed by atoms with Gasteiger partial charge in [-0.1, -0.05) is 30.3 Å². The zero-order chi connectivity index (χ0) is 24.5. The van der Waals surface area contributed by atoms with Gasteiger partial charge in [0, 0.05) is 12.0 Å². The van der Waals surface area contributed by atoms with Crippen LogP contribution in [0.25, 0.3) is 0 Å². The minimum Gasteiger partial charge on any atom is -0.497 e. The molecule has 0 aromatic heterocycles. The van der Waals surface area contributed by atoms with Crippen LogP contribution in [0.2, 0.25) is 0 Å². The van der Waals surface area contributed by atoms with Crippen LogP contribution in [-0.4, -0.2) is 40.3 Å². The van der Waals surface area contributed by atoms with Gasteiger partial charge in [-0.3, -0.25) is 4.72 Å². The number of sulfonamides is 2. The quantitative estimate of drug-likeness (QED) is 0.529. The molecule has 3 aromatic carbocycles. The molecular weight excluding hydrogens is 481 g/mol. The molecule has 0 fully saturated rings. The first kappa shape index (κ1) is 23.7. The van der Waals surface area contributed by atoms with E-state index in [9.17, 15) is 21.2 Å². The lowest BCUT2D eigenvalue weighted by Gasteiger charge is -2.23. The molecule has 34 heavy (non-hydrogen) atoms. The Labute approximate surface area is 197 Å². The van der Waals surface area contributed by atoms with Crippen molar-refractivity contribution in [3.05, 3.63) is 89.7 Å². The SMILES string of the molecule is COc1ccc([C@H]2CC(c3ccccc3NS(C)(=O)=O)=NN2S(=O)(=O)c2ccc(F)cc2)cc1. The third kappa shape index (κ3) is 4.90. The van der Waals surface area contributed by atoms with Crippen molar-refractivity contribution in [3.8, 4) is 5.75 Å². The Balaban J connectivity index is 1.82. The molecule has 0 bridgehead atoms. The number of anilines is 1. The maximum Gasteiger partial charge on any atom is 0.279 e. The van der Waals surface area contributed by atoms with Crippen molar-refractivity contribution in [2.24, 2.45) is 5.10 Å². The highest BCUT2D eigenvalue weighted by atomic mass is 32.2. The van der Waals surface area contributed by atoms with E-state index in [0.717, 1.165) is 22.8 Å². The second-order valence-electron chi connectivity index (χ2n) is 7.69. The first-order valence-corrected chi connectivity index (χ1v) is 13.5. The van der Waals surface area contributed by atoms with Gasteiger partial charge in [-0.25, -0.2) is 12.8 Å². The Morgan fingerprint density at radius 2 is 1.62 bits per heavy atom. The van der Waals surface area contributed by atoms with Gasteiger partial charge in [0.25, 0.3) is 10.0 Å². The van der Waals surface area contributed by atoms with Gasteiger partial charge in [-0.05, 0) is 48.0 Å². The van der Waals surface area contributed by atoms with Crippen molar-refractivity contribution >= 4 is 31.4 Å². The molecule has 3 aromatic rings. The van der Waals surface area contributed by atoms with E-state index in [1.165, 1.54) is 19.2 Å². The van der Waals surface area contributed by atoms with Gasteiger partial charge in [0.2, 0.25) is 10.0 Å². The largest absolute Gasteiger partial charge is 0.497 e. The van der Waals surface area contributed by atoms with E-state index in [2.05, 4.69) is 9.82 Å². The lowest BCUT2D eigenvalue weighted by Crippen LogP contribution is -2.27. The van der Waals surface area contributed by atoms with Crippen molar-refractivity contribution in [3.63, 3.8) is 0 Å². The Bertz CT molecular complexity index is 1440. The van der Waals surface area contributed by atoms with Crippen LogP contribution in [0.3, 0.4) is 0 Å². The third-order valence-corrected chi connectivity index (χ3v) is 7.55. The summed E-state index contributed by atoms with van der Waals surface area (Å²) < 4.78 is 72.8. The summed E-state index contributed by atoms with van der Waals surface area (Å²) in [6, 6.07) is 17.4. The molecule has 11 heteroatoms. The molecule has 4 rings (SSSR count). The van der Waals surface area contributed by atoms with E-state index in [1.54, 1.807) is 48.5 Å². The molecule has 0 saturated carbocycles. The lowest BCUT2D eigenvalue weighted by molar-refractivity contribution is 0.370. The highest BCUT2D eigenvalue weighted by Gasteiger charge is 2.38. The first-order chi connectivity index (χ1) is 16.1. The number of nitrogens with one attached hydrogen (secondary N) is 1. The Hall–Kier alpha value is -3.44. The second-order valence-corrected chi connectivity index (χ2v) is 11.2. The predicted octanol–water partition coefficient (Wildman–Crippen LogP) is 3.75. The van der Waals surface area contributed by atoms with Crippen molar-refractivity contribution in [2.75, 3.05) is 18.1 Å². The molecule has 1 N–H and O–H groups in total. The fraction of sp³-hybridized carbons (Fsp3) is 0.174. The molecule has 1 aliphatic rings. The van der Waals surface area contributed by atoms with Crippen molar-refractivity contribution < 1.29 is 26.0 Å². The summed E-state index contributed by atoms with van der Waals surface area (Å²) in [4.78, 5) is -0.111. The molecule has 8 nitrogen and oxygen atoms in total. The molecule has 178 valence electrons. The molecule has 0 radical (unpaired) electrons. The smallest absolute Gasteiger partial charge is 0.279 e.